The van der Waals surface area contributed by atoms with E-state index in [2.05, 4.69) is 5.32 Å². The zero-order valence-electron chi connectivity index (χ0n) is 10.5. The molecule has 1 amide bonds. The molecule has 0 heterocycles. The van der Waals surface area contributed by atoms with E-state index < -0.39 is 18.0 Å². The van der Waals surface area contributed by atoms with Crippen molar-refractivity contribution in [1.29, 1.82) is 0 Å². The van der Waals surface area contributed by atoms with E-state index in [1.54, 1.807) is 0 Å². The van der Waals surface area contributed by atoms with Crippen LogP contribution in [-0.2, 0) is 4.79 Å². The smallest absolute Gasteiger partial charge is 0.332 e. The van der Waals surface area contributed by atoms with Crippen LogP contribution in [0, 0.1) is 0 Å². The van der Waals surface area contributed by atoms with Gasteiger partial charge in [0.1, 0.15) is 0 Å². The number of hydrogen-bond donors (Lipinski definition) is 3. The average Bonchev–Trinajstić information content (AvgIpc) is 2.37. The van der Waals surface area contributed by atoms with Gasteiger partial charge < -0.3 is 20.3 Å². The SMILES string of the molecule is COc1c(Cl)cc(C(=O)NCCC(O)C(=O)O)cc1Cl. The third-order valence-electron chi connectivity index (χ3n) is 2.45. The second kappa shape index (κ2) is 7.33. The standard InChI is InChI=1S/C12H13Cl2NO5/c1-20-10-7(13)4-6(5-8(10)14)11(17)15-3-2-9(16)12(18)19/h4-5,9,16H,2-3H2,1H3,(H,15,17)(H,18,19). The van der Waals surface area contributed by atoms with Gasteiger partial charge in [-0.1, -0.05) is 23.2 Å². The van der Waals surface area contributed by atoms with Crippen molar-refractivity contribution in [2.24, 2.45) is 0 Å². The Labute approximate surface area is 125 Å². The molecule has 0 fully saturated rings. The molecule has 1 rings (SSSR count). The molecule has 0 bridgehead atoms. The number of methoxy groups -OCH3 is 1. The number of carboxylic acid groups (broad SMARTS) is 1. The van der Waals surface area contributed by atoms with Crippen LogP contribution in [-0.4, -0.2) is 41.8 Å². The van der Waals surface area contributed by atoms with E-state index in [0.717, 1.165) is 0 Å². The lowest BCUT2D eigenvalue weighted by atomic mass is 10.2. The quantitative estimate of drug-likeness (QED) is 0.739. The van der Waals surface area contributed by atoms with Gasteiger partial charge >= 0.3 is 5.97 Å². The van der Waals surface area contributed by atoms with Crippen molar-refractivity contribution in [1.82, 2.24) is 5.32 Å². The Morgan fingerprint density at radius 1 is 1.35 bits per heavy atom. The number of aliphatic hydroxyl groups is 1. The van der Waals surface area contributed by atoms with Gasteiger partial charge in [0.25, 0.3) is 5.91 Å². The van der Waals surface area contributed by atoms with Crippen molar-refractivity contribution in [2.75, 3.05) is 13.7 Å². The van der Waals surface area contributed by atoms with Crippen molar-refractivity contribution < 1.29 is 24.5 Å². The summed E-state index contributed by atoms with van der Waals surface area (Å²) in [5, 5.41) is 20.4. The highest BCUT2D eigenvalue weighted by Crippen LogP contribution is 2.33. The Hall–Kier alpha value is -1.50. The van der Waals surface area contributed by atoms with Gasteiger partial charge in [-0.25, -0.2) is 4.79 Å². The van der Waals surface area contributed by atoms with E-state index in [4.69, 9.17) is 38.2 Å². The predicted molar refractivity (Wildman–Crippen MR) is 73.6 cm³/mol. The van der Waals surface area contributed by atoms with Crippen molar-refractivity contribution >= 4 is 35.1 Å². The van der Waals surface area contributed by atoms with Crippen molar-refractivity contribution in [3.8, 4) is 5.75 Å². The second-order valence-corrected chi connectivity index (χ2v) is 4.69. The largest absolute Gasteiger partial charge is 0.494 e. The summed E-state index contributed by atoms with van der Waals surface area (Å²) in [6.45, 7) is 0.00751. The fourth-order valence-electron chi connectivity index (χ4n) is 1.43. The lowest BCUT2D eigenvalue weighted by molar-refractivity contribution is -0.146. The van der Waals surface area contributed by atoms with Gasteiger partial charge in [0.2, 0.25) is 0 Å². The van der Waals surface area contributed by atoms with E-state index in [9.17, 15) is 9.59 Å². The summed E-state index contributed by atoms with van der Waals surface area (Å²) in [4.78, 5) is 22.2. The topological polar surface area (TPSA) is 95.9 Å². The first-order chi connectivity index (χ1) is 9.36. The third-order valence-corrected chi connectivity index (χ3v) is 3.01. The molecule has 0 spiro atoms. The minimum Gasteiger partial charge on any atom is -0.494 e. The maximum atomic E-state index is 11.8. The maximum Gasteiger partial charge on any atom is 0.332 e. The van der Waals surface area contributed by atoms with E-state index in [1.165, 1.54) is 19.2 Å². The van der Waals surface area contributed by atoms with E-state index >= 15 is 0 Å². The Morgan fingerprint density at radius 2 is 1.90 bits per heavy atom. The van der Waals surface area contributed by atoms with Gasteiger partial charge in [-0.05, 0) is 12.1 Å². The van der Waals surface area contributed by atoms with Gasteiger partial charge in [-0.15, -0.1) is 0 Å². The first-order valence-electron chi connectivity index (χ1n) is 5.59. The Balaban J connectivity index is 2.67. The molecule has 1 unspecified atom stereocenters. The molecule has 1 atom stereocenters. The highest BCUT2D eigenvalue weighted by molar-refractivity contribution is 6.37. The van der Waals surface area contributed by atoms with Crippen LogP contribution in [0.3, 0.4) is 0 Å². The number of carboxylic acids is 1. The number of carbonyl (C=O) groups excluding carboxylic acids is 1. The van der Waals surface area contributed by atoms with Gasteiger partial charge in [-0.3, -0.25) is 4.79 Å². The summed E-state index contributed by atoms with van der Waals surface area (Å²) in [5.41, 5.74) is 0.214. The number of halogens is 2. The van der Waals surface area contributed by atoms with Gasteiger partial charge in [0.15, 0.2) is 11.9 Å². The highest BCUT2D eigenvalue weighted by atomic mass is 35.5. The van der Waals surface area contributed by atoms with Gasteiger partial charge in [0.05, 0.1) is 17.2 Å². The van der Waals surface area contributed by atoms with Crippen LogP contribution in [0.25, 0.3) is 0 Å². The molecule has 110 valence electrons. The van der Waals surface area contributed by atoms with Crippen LogP contribution in [0.4, 0.5) is 0 Å². The molecule has 0 aromatic heterocycles. The van der Waals surface area contributed by atoms with Crippen LogP contribution in [0.2, 0.25) is 10.0 Å². The number of amides is 1. The molecule has 6 nitrogen and oxygen atoms in total. The number of hydrogen-bond acceptors (Lipinski definition) is 4. The number of ether oxygens (including phenoxy) is 1. The van der Waals surface area contributed by atoms with E-state index in [-0.39, 0.29) is 34.3 Å². The average molecular weight is 322 g/mol. The number of aliphatic hydroxyl groups excluding tert-OH is 1. The molecule has 0 aliphatic heterocycles. The molecule has 20 heavy (non-hydrogen) atoms. The number of nitrogens with one attached hydrogen (secondary N) is 1. The molecule has 1 aromatic rings. The molecular formula is C12H13Cl2NO5. The molecule has 1 aromatic carbocycles. The van der Waals surface area contributed by atoms with E-state index in [1.807, 2.05) is 0 Å². The number of aliphatic carboxylic acids is 1. The van der Waals surface area contributed by atoms with Gasteiger partial charge in [0, 0.05) is 18.5 Å². The summed E-state index contributed by atoms with van der Waals surface area (Å²) < 4.78 is 4.96. The summed E-state index contributed by atoms with van der Waals surface area (Å²) in [7, 11) is 1.40. The van der Waals surface area contributed by atoms with Crippen LogP contribution in [0.1, 0.15) is 16.8 Å². The first kappa shape index (κ1) is 16.6. The van der Waals surface area contributed by atoms with Crippen LogP contribution < -0.4 is 10.1 Å². The Morgan fingerprint density at radius 3 is 2.35 bits per heavy atom. The summed E-state index contributed by atoms with van der Waals surface area (Å²) in [6.07, 6.45) is -1.61. The molecule has 8 heteroatoms. The molecule has 3 N–H and O–H groups in total. The van der Waals surface area contributed by atoms with Crippen molar-refractivity contribution in [2.45, 2.75) is 12.5 Å². The van der Waals surface area contributed by atoms with Crippen molar-refractivity contribution in [3.63, 3.8) is 0 Å². The molecule has 0 saturated heterocycles. The summed E-state index contributed by atoms with van der Waals surface area (Å²) in [6, 6.07) is 2.77. The summed E-state index contributed by atoms with van der Waals surface area (Å²) in [5.74, 6) is -1.55. The lowest BCUT2D eigenvalue weighted by Gasteiger charge is -2.10. The maximum absolute atomic E-state index is 11.8. The zero-order valence-corrected chi connectivity index (χ0v) is 12.0. The predicted octanol–water partition coefficient (Wildman–Crippen LogP) is 1.57. The van der Waals surface area contributed by atoms with E-state index in [0.29, 0.717) is 0 Å². The van der Waals surface area contributed by atoms with Crippen LogP contribution >= 0.6 is 23.2 Å². The number of carbonyl (C=O) groups is 2. The number of rotatable bonds is 6. The molecule has 0 aliphatic rings. The molecule has 0 radical (unpaired) electrons. The normalized spacial score (nSPS) is 11.8. The Bertz CT molecular complexity index is 498. The third kappa shape index (κ3) is 4.26. The lowest BCUT2D eigenvalue weighted by Crippen LogP contribution is -2.30. The monoisotopic (exact) mass is 321 g/mol. The zero-order chi connectivity index (χ0) is 15.3. The minimum absolute atomic E-state index is 0.00751. The minimum atomic E-state index is -1.52. The van der Waals surface area contributed by atoms with Crippen LogP contribution in [0.5, 0.6) is 5.75 Å². The number of benzene rings is 1. The highest BCUT2D eigenvalue weighted by Gasteiger charge is 2.15. The summed E-state index contributed by atoms with van der Waals surface area (Å²) >= 11 is 11.8. The molecule has 0 aliphatic carbocycles. The molecular weight excluding hydrogens is 309 g/mol. The first-order valence-corrected chi connectivity index (χ1v) is 6.34. The van der Waals surface area contributed by atoms with Crippen LogP contribution in [0.15, 0.2) is 12.1 Å². The van der Waals surface area contributed by atoms with Crippen molar-refractivity contribution in [3.05, 3.63) is 27.7 Å². The van der Waals surface area contributed by atoms with Gasteiger partial charge in [-0.2, -0.15) is 0 Å². The fourth-order valence-corrected chi connectivity index (χ4v) is 2.08. The Kier molecular flexibility index (Phi) is 6.06. The fraction of sp³-hybridized carbons (Fsp3) is 0.333. The second-order valence-electron chi connectivity index (χ2n) is 3.87. The molecule has 0 saturated carbocycles.